The number of aliphatic hydroxyl groups is 1. The fourth-order valence-electron chi connectivity index (χ4n) is 5.81. The van der Waals surface area contributed by atoms with E-state index in [-0.39, 0.29) is 41.8 Å². The molecule has 2 aliphatic rings. The van der Waals surface area contributed by atoms with Gasteiger partial charge in [0.05, 0.1) is 30.5 Å². The van der Waals surface area contributed by atoms with Crippen molar-refractivity contribution in [3.05, 3.63) is 90.0 Å². The van der Waals surface area contributed by atoms with Crippen molar-refractivity contribution in [2.45, 2.75) is 42.2 Å². The molecule has 2 aliphatic heterocycles. The molecule has 2 heterocycles. The van der Waals surface area contributed by atoms with E-state index in [4.69, 9.17) is 29.8 Å². The van der Waals surface area contributed by atoms with Gasteiger partial charge in [-0.2, -0.15) is 0 Å². The zero-order valence-electron chi connectivity index (χ0n) is 26.2. The van der Waals surface area contributed by atoms with Crippen molar-refractivity contribution in [1.82, 2.24) is 9.81 Å². The number of nitrogens with one attached hydrogen (secondary N) is 1. The van der Waals surface area contributed by atoms with Gasteiger partial charge in [-0.05, 0) is 61.9 Å². The maximum atomic E-state index is 14.5. The lowest BCUT2D eigenvalue weighted by atomic mass is 9.80. The summed E-state index contributed by atoms with van der Waals surface area (Å²) in [5, 5.41) is 13.0. The second kappa shape index (κ2) is 16.0. The Morgan fingerprint density at radius 2 is 1.77 bits per heavy atom. The van der Waals surface area contributed by atoms with E-state index in [1.165, 1.54) is 12.1 Å². The van der Waals surface area contributed by atoms with Crippen molar-refractivity contribution >= 4 is 27.2 Å². The monoisotopic (exact) mass is 662 g/mol. The fourth-order valence-corrected chi connectivity index (χ4v) is 7.19. The van der Waals surface area contributed by atoms with Crippen molar-refractivity contribution < 1.29 is 32.5 Å². The number of nitrogens with zero attached hydrogens (tertiary/aromatic N) is 4. The summed E-state index contributed by atoms with van der Waals surface area (Å²) in [7, 11) is -3.79. The van der Waals surface area contributed by atoms with Crippen molar-refractivity contribution in [2.24, 2.45) is 10.1 Å². The Balaban J connectivity index is 1.54. The molecule has 0 saturated carbocycles. The number of aliphatic hydroxyl groups excluding tert-OH is 1. The van der Waals surface area contributed by atoms with Crippen LogP contribution in [0.2, 0.25) is 0 Å². The number of morpholine rings is 1. The number of ketones is 1. The third kappa shape index (κ3) is 8.37. The van der Waals surface area contributed by atoms with Gasteiger partial charge in [-0.15, -0.1) is 0 Å². The first-order chi connectivity index (χ1) is 22.9. The lowest BCUT2D eigenvalue weighted by molar-refractivity contribution is -0.127. The van der Waals surface area contributed by atoms with Gasteiger partial charge in [0.15, 0.2) is 38.1 Å². The SMILES string of the molecule is N=[N+]=Nc1ccccc1C1OC(c2ccc(OCCCO)cc2)=N[C@]1(CCS(=O)(=O)c1ccccc1)C(=O)CCCN1CCOCC1. The zero-order chi connectivity index (χ0) is 33.1. The lowest BCUT2D eigenvalue weighted by Gasteiger charge is -2.31. The summed E-state index contributed by atoms with van der Waals surface area (Å²) in [5.41, 5.74) is 7.18. The number of Topliss-reactive ketones (excluding diaryl/α,β-unsaturated/α-hetero) is 1. The Morgan fingerprint density at radius 1 is 1.04 bits per heavy atom. The molecule has 3 aromatic carbocycles. The van der Waals surface area contributed by atoms with Gasteiger partial charge in [-0.1, -0.05) is 36.4 Å². The predicted molar refractivity (Wildman–Crippen MR) is 175 cm³/mol. The van der Waals surface area contributed by atoms with Crippen LogP contribution in [0.3, 0.4) is 0 Å². The van der Waals surface area contributed by atoms with Crippen molar-refractivity contribution in [3.8, 4) is 5.75 Å². The highest BCUT2D eigenvalue weighted by molar-refractivity contribution is 7.91. The molecular weight excluding hydrogens is 622 g/mol. The Bertz CT molecular complexity index is 1690. The molecule has 1 unspecified atom stereocenters. The summed E-state index contributed by atoms with van der Waals surface area (Å²) in [6.07, 6.45) is 0.0397. The van der Waals surface area contributed by atoms with Gasteiger partial charge < -0.3 is 19.3 Å². The number of carbonyl (C=O) groups excluding carboxylic acids is 1. The molecule has 248 valence electrons. The highest BCUT2D eigenvalue weighted by Crippen LogP contribution is 2.46. The third-order valence-electron chi connectivity index (χ3n) is 8.33. The number of aliphatic imine (C=N–C) groups is 1. The molecule has 5 rings (SSSR count). The van der Waals surface area contributed by atoms with Gasteiger partial charge in [-0.25, -0.2) is 13.4 Å². The van der Waals surface area contributed by atoms with Gasteiger partial charge >= 0.3 is 0 Å². The third-order valence-corrected chi connectivity index (χ3v) is 10.1. The van der Waals surface area contributed by atoms with E-state index in [1.807, 2.05) is 0 Å². The minimum atomic E-state index is -3.79. The highest BCUT2D eigenvalue weighted by Gasteiger charge is 2.53. The molecule has 3 aromatic rings. The van der Waals surface area contributed by atoms with Crippen LogP contribution in [-0.4, -0.2) is 87.5 Å². The number of benzene rings is 3. The number of carbonyl (C=O) groups is 1. The second-order valence-corrected chi connectivity index (χ2v) is 13.5. The number of hydrogen-bond acceptors (Lipinski definition) is 11. The predicted octanol–water partition coefficient (Wildman–Crippen LogP) is 4.43. The van der Waals surface area contributed by atoms with E-state index in [9.17, 15) is 13.2 Å². The van der Waals surface area contributed by atoms with Crippen LogP contribution in [0, 0.1) is 5.53 Å². The lowest BCUT2D eigenvalue weighted by Crippen LogP contribution is -2.43. The number of sulfone groups is 1. The standard InChI is InChI=1S/C34H40N5O7S/c35-38-37-30-11-5-4-10-29(30)32-34(17-25-47(42,43)28-8-2-1-3-9-28,31(41)12-6-18-39-19-23-44-24-20-39)36-33(46-32)26-13-15-27(16-14-26)45-22-7-21-40/h1-5,8-11,13-16,32,35,40H,6-7,12,17-25H2/q+1/t32?,34-/m1/s1. The topological polar surface area (TPSA) is 165 Å². The summed E-state index contributed by atoms with van der Waals surface area (Å²) >= 11 is 0. The van der Waals surface area contributed by atoms with Crippen LogP contribution in [0.15, 0.2) is 93.9 Å². The molecule has 0 bridgehead atoms. The van der Waals surface area contributed by atoms with E-state index in [0.29, 0.717) is 61.8 Å². The summed E-state index contributed by atoms with van der Waals surface area (Å²) in [6, 6.07) is 22.1. The highest BCUT2D eigenvalue weighted by atomic mass is 32.2. The van der Waals surface area contributed by atoms with E-state index < -0.39 is 21.5 Å². The van der Waals surface area contributed by atoms with Crippen LogP contribution in [0.25, 0.3) is 0 Å². The summed E-state index contributed by atoms with van der Waals surface area (Å²) in [6.45, 7) is 3.93. The molecule has 2 atom stereocenters. The Labute approximate surface area is 274 Å². The molecule has 0 radical (unpaired) electrons. The Morgan fingerprint density at radius 3 is 2.49 bits per heavy atom. The smallest absolute Gasteiger partial charge is 0.220 e. The van der Waals surface area contributed by atoms with E-state index in [0.717, 1.165) is 13.1 Å². The normalized spacial score (nSPS) is 19.8. The molecule has 0 aromatic heterocycles. The zero-order valence-corrected chi connectivity index (χ0v) is 27.0. The first-order valence-corrected chi connectivity index (χ1v) is 17.4. The maximum absolute atomic E-state index is 14.5. The van der Waals surface area contributed by atoms with E-state index in [1.54, 1.807) is 66.7 Å². The Hall–Kier alpha value is -4.26. The summed E-state index contributed by atoms with van der Waals surface area (Å²) in [4.78, 5) is 25.1. The van der Waals surface area contributed by atoms with Crippen LogP contribution >= 0.6 is 0 Å². The Kier molecular flexibility index (Phi) is 11.6. The number of ether oxygens (including phenoxy) is 3. The molecule has 1 fully saturated rings. The van der Waals surface area contributed by atoms with Crippen molar-refractivity contribution in [3.63, 3.8) is 0 Å². The first-order valence-electron chi connectivity index (χ1n) is 15.7. The number of hydrogen-bond donors (Lipinski definition) is 2. The van der Waals surface area contributed by atoms with Crippen molar-refractivity contribution in [1.29, 1.82) is 5.53 Å². The average Bonchev–Trinajstić information content (AvgIpc) is 3.50. The molecule has 0 aliphatic carbocycles. The maximum Gasteiger partial charge on any atom is 0.220 e. The van der Waals surface area contributed by atoms with Crippen molar-refractivity contribution in [2.75, 3.05) is 51.8 Å². The summed E-state index contributed by atoms with van der Waals surface area (Å²) in [5.74, 6) is 0.199. The second-order valence-electron chi connectivity index (χ2n) is 11.4. The molecule has 13 heteroatoms. The van der Waals surface area contributed by atoms with E-state index in [2.05, 4.69) is 14.9 Å². The molecule has 1 saturated heterocycles. The van der Waals surface area contributed by atoms with Gasteiger partial charge in [-0.3, -0.25) is 9.69 Å². The minimum Gasteiger partial charge on any atom is -0.494 e. The van der Waals surface area contributed by atoms with E-state index >= 15 is 0 Å². The van der Waals surface area contributed by atoms with Crippen LogP contribution in [0.5, 0.6) is 5.75 Å². The van der Waals surface area contributed by atoms with Crippen LogP contribution in [0.4, 0.5) is 5.69 Å². The molecule has 0 amide bonds. The number of rotatable bonds is 16. The van der Waals surface area contributed by atoms with Gasteiger partial charge in [0, 0.05) is 43.7 Å². The van der Waals surface area contributed by atoms with Gasteiger partial charge in [0.1, 0.15) is 11.3 Å². The molecule has 12 nitrogen and oxygen atoms in total. The largest absolute Gasteiger partial charge is 0.494 e. The van der Waals surface area contributed by atoms with Gasteiger partial charge in [0.25, 0.3) is 0 Å². The quantitative estimate of drug-likeness (QED) is 0.129. The average molecular weight is 663 g/mol. The van der Waals surface area contributed by atoms with Gasteiger partial charge in [0.2, 0.25) is 10.8 Å². The summed E-state index contributed by atoms with van der Waals surface area (Å²) < 4.78 is 44.8. The van der Waals surface area contributed by atoms with Crippen LogP contribution in [-0.2, 0) is 24.1 Å². The first kappa shape index (κ1) is 34.1. The van der Waals surface area contributed by atoms with Crippen LogP contribution in [0.1, 0.15) is 42.9 Å². The van der Waals surface area contributed by atoms with Crippen LogP contribution < -0.4 is 9.65 Å². The fraction of sp³-hybridized carbons (Fsp3) is 0.412. The minimum absolute atomic E-state index is 0.0218. The molecule has 0 spiro atoms. The molecular formula is C34H40N5O7S+. The molecule has 47 heavy (non-hydrogen) atoms. The molecule has 2 N–H and O–H groups in total.